The summed E-state index contributed by atoms with van der Waals surface area (Å²) in [5.41, 5.74) is 1.86. The van der Waals surface area contributed by atoms with Crippen LogP contribution in [0, 0.1) is 6.92 Å². The highest BCUT2D eigenvalue weighted by Gasteiger charge is 2.31. The lowest BCUT2D eigenvalue weighted by atomic mass is 10.1. The van der Waals surface area contributed by atoms with Crippen molar-refractivity contribution in [2.24, 2.45) is 0 Å². The lowest BCUT2D eigenvalue weighted by molar-refractivity contribution is -0.120. The highest BCUT2D eigenvalue weighted by atomic mass is 32.2. The highest BCUT2D eigenvalue weighted by Crippen LogP contribution is 2.38. The van der Waals surface area contributed by atoms with E-state index in [0.29, 0.717) is 27.9 Å². The zero-order valence-electron chi connectivity index (χ0n) is 16.2. The third-order valence-corrected chi connectivity index (χ3v) is 5.88. The number of carbonyl (C=O) groups is 2. The van der Waals surface area contributed by atoms with Crippen LogP contribution in [0.15, 0.2) is 58.2 Å². The van der Waals surface area contributed by atoms with Gasteiger partial charge in [-0.05, 0) is 44.4 Å². The fourth-order valence-electron chi connectivity index (χ4n) is 3.07. The first-order valence-corrected chi connectivity index (χ1v) is 10.4. The molecule has 1 atom stereocenters. The van der Waals surface area contributed by atoms with E-state index in [2.05, 4.69) is 15.3 Å². The van der Waals surface area contributed by atoms with E-state index in [-0.39, 0.29) is 17.7 Å². The number of amides is 1. The van der Waals surface area contributed by atoms with Gasteiger partial charge in [0.05, 0.1) is 17.5 Å². The predicted molar refractivity (Wildman–Crippen MR) is 111 cm³/mol. The van der Waals surface area contributed by atoms with Crippen LogP contribution in [0.4, 0.5) is 0 Å². The van der Waals surface area contributed by atoms with Gasteiger partial charge in [-0.25, -0.2) is 9.97 Å². The van der Waals surface area contributed by atoms with Gasteiger partial charge in [0.2, 0.25) is 5.91 Å². The Bertz CT molecular complexity index is 1030. The molecule has 1 fully saturated rings. The van der Waals surface area contributed by atoms with Crippen LogP contribution >= 0.6 is 11.8 Å². The molecule has 0 aliphatic heterocycles. The average Bonchev–Trinajstić information content (AvgIpc) is 3.34. The van der Waals surface area contributed by atoms with Crippen LogP contribution in [-0.2, 0) is 4.79 Å². The molecule has 0 radical (unpaired) electrons. The summed E-state index contributed by atoms with van der Waals surface area (Å²) in [7, 11) is 0. The van der Waals surface area contributed by atoms with Gasteiger partial charge in [-0.3, -0.25) is 9.59 Å². The van der Waals surface area contributed by atoms with Gasteiger partial charge >= 0.3 is 0 Å². The van der Waals surface area contributed by atoms with Crippen LogP contribution < -0.4 is 5.32 Å². The van der Waals surface area contributed by atoms with Crippen molar-refractivity contribution in [1.82, 2.24) is 15.3 Å². The smallest absolute Gasteiger partial charge is 0.238 e. The van der Waals surface area contributed by atoms with Gasteiger partial charge in [0.1, 0.15) is 10.3 Å². The summed E-state index contributed by atoms with van der Waals surface area (Å²) >= 11 is 1.27. The van der Waals surface area contributed by atoms with Gasteiger partial charge in [-0.15, -0.1) is 0 Å². The monoisotopic (exact) mass is 407 g/mol. The van der Waals surface area contributed by atoms with Crippen molar-refractivity contribution < 1.29 is 14.0 Å². The first kappa shape index (κ1) is 19.4. The number of hydrogen-bond acceptors (Lipinski definition) is 6. The maximum absolute atomic E-state index is 13.0. The van der Waals surface area contributed by atoms with Gasteiger partial charge in [-0.2, -0.15) is 0 Å². The number of benzene rings is 1. The molecular formula is C22H21N3O3S. The van der Waals surface area contributed by atoms with Crippen molar-refractivity contribution in [2.75, 3.05) is 0 Å². The number of thioether (sulfide) groups is 1. The Kier molecular flexibility index (Phi) is 5.49. The van der Waals surface area contributed by atoms with Gasteiger partial charge in [-0.1, -0.05) is 42.1 Å². The van der Waals surface area contributed by atoms with Crippen LogP contribution in [0.1, 0.15) is 46.6 Å². The normalized spacial score (nSPS) is 14.4. The Morgan fingerprint density at radius 3 is 2.52 bits per heavy atom. The minimum absolute atomic E-state index is 0.0750. The molecule has 7 heteroatoms. The van der Waals surface area contributed by atoms with Crippen LogP contribution in [0.2, 0.25) is 0 Å². The first-order valence-electron chi connectivity index (χ1n) is 9.48. The molecule has 4 rings (SSSR count). The van der Waals surface area contributed by atoms with Crippen molar-refractivity contribution in [3.05, 3.63) is 65.5 Å². The number of nitrogens with zero attached hydrogens (tertiary/aromatic N) is 2. The molecule has 2 aromatic heterocycles. The molecule has 1 aliphatic rings. The average molecular weight is 407 g/mol. The quantitative estimate of drug-likeness (QED) is 0.356. The lowest BCUT2D eigenvalue weighted by Crippen LogP contribution is -2.30. The van der Waals surface area contributed by atoms with E-state index < -0.39 is 5.25 Å². The zero-order chi connectivity index (χ0) is 20.4. The second-order valence-corrected chi connectivity index (χ2v) is 8.13. The van der Waals surface area contributed by atoms with E-state index in [4.69, 9.17) is 4.42 Å². The molecule has 0 unspecified atom stereocenters. The number of ketones is 1. The zero-order valence-corrected chi connectivity index (χ0v) is 17.0. The van der Waals surface area contributed by atoms with Crippen LogP contribution in [0.5, 0.6) is 0 Å². The van der Waals surface area contributed by atoms with Crippen molar-refractivity contribution in [2.45, 2.75) is 43.0 Å². The van der Waals surface area contributed by atoms with Gasteiger partial charge in [0, 0.05) is 6.04 Å². The molecule has 0 saturated heterocycles. The van der Waals surface area contributed by atoms with E-state index in [1.807, 2.05) is 30.3 Å². The van der Waals surface area contributed by atoms with E-state index >= 15 is 0 Å². The molecule has 3 aromatic rings. The molecule has 1 N–H and O–H groups in total. The standard InChI is InChI=1S/C22H21N3O3S/c1-13-18(14(2)26)22(25-20(23-13)17-9-6-12-28-17)29-19(15-7-4-3-5-8-15)21(27)24-16-10-11-16/h3-9,12,16,19H,10-11H2,1-2H3,(H,24,27)/t19-/m1/s1. The Labute approximate surface area is 173 Å². The molecule has 1 saturated carbocycles. The van der Waals surface area contributed by atoms with E-state index in [1.54, 1.807) is 25.3 Å². The van der Waals surface area contributed by atoms with Crippen LogP contribution in [0.3, 0.4) is 0 Å². The van der Waals surface area contributed by atoms with Gasteiger partial charge < -0.3 is 9.73 Å². The second kappa shape index (κ2) is 8.21. The number of hydrogen-bond donors (Lipinski definition) is 1. The number of carbonyl (C=O) groups excluding carboxylic acids is 2. The van der Waals surface area contributed by atoms with Crippen molar-refractivity contribution >= 4 is 23.5 Å². The highest BCUT2D eigenvalue weighted by molar-refractivity contribution is 8.00. The number of nitrogens with one attached hydrogen (secondary N) is 1. The molecule has 0 bridgehead atoms. The molecule has 1 aromatic carbocycles. The molecule has 1 aliphatic carbocycles. The Morgan fingerprint density at radius 1 is 1.14 bits per heavy atom. The largest absolute Gasteiger partial charge is 0.461 e. The maximum Gasteiger partial charge on any atom is 0.238 e. The van der Waals surface area contributed by atoms with Crippen molar-refractivity contribution in [3.63, 3.8) is 0 Å². The lowest BCUT2D eigenvalue weighted by Gasteiger charge is -2.18. The third kappa shape index (κ3) is 4.40. The van der Waals surface area contributed by atoms with E-state index in [0.717, 1.165) is 18.4 Å². The Balaban J connectivity index is 1.75. The molecule has 6 nitrogen and oxygen atoms in total. The molecular weight excluding hydrogens is 386 g/mol. The topological polar surface area (TPSA) is 85.1 Å². The number of furan rings is 1. The summed E-state index contributed by atoms with van der Waals surface area (Å²) in [5, 5.41) is 3.03. The van der Waals surface area contributed by atoms with Gasteiger partial charge in [0.25, 0.3) is 0 Å². The number of aryl methyl sites for hydroxylation is 1. The Morgan fingerprint density at radius 2 is 1.90 bits per heavy atom. The van der Waals surface area contributed by atoms with E-state index in [9.17, 15) is 9.59 Å². The molecule has 1 amide bonds. The number of Topliss-reactive ketones (excluding diaryl/α,β-unsaturated/α-hetero) is 1. The minimum Gasteiger partial charge on any atom is -0.461 e. The van der Waals surface area contributed by atoms with Gasteiger partial charge in [0.15, 0.2) is 17.4 Å². The summed E-state index contributed by atoms with van der Waals surface area (Å²) in [6, 6.07) is 13.3. The summed E-state index contributed by atoms with van der Waals surface area (Å²) < 4.78 is 5.43. The molecule has 0 spiro atoms. The van der Waals surface area contributed by atoms with Crippen LogP contribution in [-0.4, -0.2) is 27.7 Å². The van der Waals surface area contributed by atoms with Crippen LogP contribution in [0.25, 0.3) is 11.6 Å². The molecule has 29 heavy (non-hydrogen) atoms. The minimum atomic E-state index is -0.520. The van der Waals surface area contributed by atoms with E-state index in [1.165, 1.54) is 18.7 Å². The Hall–Kier alpha value is -2.93. The maximum atomic E-state index is 13.0. The summed E-state index contributed by atoms with van der Waals surface area (Å²) in [6.45, 7) is 3.26. The SMILES string of the molecule is CC(=O)c1c(C)nc(-c2ccco2)nc1S[C@@H](C(=O)NC1CC1)c1ccccc1. The molecule has 148 valence electrons. The van der Waals surface area contributed by atoms with Crippen molar-refractivity contribution in [3.8, 4) is 11.6 Å². The summed E-state index contributed by atoms with van der Waals surface area (Å²) in [6.07, 6.45) is 3.56. The second-order valence-electron chi connectivity index (χ2n) is 7.04. The van der Waals surface area contributed by atoms with Crippen molar-refractivity contribution in [1.29, 1.82) is 0 Å². The number of aromatic nitrogens is 2. The molecule has 2 heterocycles. The predicted octanol–water partition coefficient (Wildman–Crippen LogP) is 4.36. The third-order valence-electron chi connectivity index (χ3n) is 4.64. The number of rotatable bonds is 7. The fourth-order valence-corrected chi connectivity index (χ4v) is 4.31. The first-order chi connectivity index (χ1) is 14.0. The summed E-state index contributed by atoms with van der Waals surface area (Å²) in [4.78, 5) is 34.4. The summed E-state index contributed by atoms with van der Waals surface area (Å²) in [5.74, 6) is 0.706. The fraction of sp³-hybridized carbons (Fsp3) is 0.273.